The maximum atomic E-state index is 8.63. The van der Waals surface area contributed by atoms with Crippen LogP contribution in [0, 0.1) is 0 Å². The van der Waals surface area contributed by atoms with Crippen LogP contribution >= 0.6 is 0 Å². The van der Waals surface area contributed by atoms with Gasteiger partial charge in [0.05, 0.1) is 0 Å². The molecule has 0 aliphatic rings. The first-order chi connectivity index (χ1) is 3.73. The molecular formula is H4AsNaO7S. The van der Waals surface area contributed by atoms with Gasteiger partial charge in [-0.1, -0.05) is 0 Å². The van der Waals surface area contributed by atoms with Crippen molar-refractivity contribution in [2.75, 3.05) is 0 Å². The molecule has 0 aliphatic heterocycles. The third-order valence-electron chi connectivity index (χ3n) is 0. The molecule has 10 heavy (non-hydrogen) atoms. The van der Waals surface area contributed by atoms with E-state index in [2.05, 4.69) is 0 Å². The molecule has 0 aliphatic carbocycles. The van der Waals surface area contributed by atoms with Crippen LogP contribution in [0.4, 0.5) is 0 Å². The van der Waals surface area contributed by atoms with Crippen LogP contribution in [-0.4, -0.2) is 45.5 Å². The maximum absolute atomic E-state index is 8.63. The monoisotopic (exact) mass is 246 g/mol. The predicted molar refractivity (Wildman–Crippen MR) is 24.7 cm³/mol. The second kappa shape index (κ2) is 8.41. The van der Waals surface area contributed by atoms with E-state index >= 15 is 0 Å². The van der Waals surface area contributed by atoms with Crippen molar-refractivity contribution in [3.63, 3.8) is 0 Å². The molecule has 58 valence electrons. The van der Waals surface area contributed by atoms with Gasteiger partial charge in [-0.25, -0.2) is 8.42 Å². The molecule has 0 atom stereocenters. The summed E-state index contributed by atoms with van der Waals surface area (Å²) in [5, 5.41) is 0. The van der Waals surface area contributed by atoms with Gasteiger partial charge >= 0.3 is 57.5 Å². The summed E-state index contributed by atoms with van der Waals surface area (Å²) < 4.78 is 54.8. The molecule has 0 fully saturated rings. The van der Waals surface area contributed by atoms with Crippen LogP contribution < -0.4 is 29.6 Å². The first kappa shape index (κ1) is 17.4. The topological polar surface area (TPSA) is 138 Å². The molecule has 0 rings (SSSR count). The summed E-state index contributed by atoms with van der Waals surface area (Å²) in [5.74, 6) is 0. The van der Waals surface area contributed by atoms with E-state index in [-0.39, 0.29) is 29.6 Å². The summed E-state index contributed by atoms with van der Waals surface area (Å²) in [5.41, 5.74) is 0. The van der Waals surface area contributed by atoms with E-state index in [0.29, 0.717) is 0 Å². The average Bonchev–Trinajstić information content (AvgIpc) is 1.19. The zero-order valence-corrected chi connectivity index (χ0v) is 9.56. The summed E-state index contributed by atoms with van der Waals surface area (Å²) >= 11 is -3.19. The van der Waals surface area contributed by atoms with Gasteiger partial charge < -0.3 is 4.55 Å². The molecular weight excluding hydrogens is 242 g/mol. The van der Waals surface area contributed by atoms with Crippen LogP contribution in [0.15, 0.2) is 0 Å². The second-order valence-corrected chi connectivity index (χ2v) is 2.68. The smallest absolute Gasteiger partial charge is 1.00 e. The van der Waals surface area contributed by atoms with E-state index in [9.17, 15) is 0 Å². The van der Waals surface area contributed by atoms with Gasteiger partial charge in [0.2, 0.25) is 10.4 Å². The molecule has 0 saturated heterocycles. The standard InChI is InChI=1S/AsH3O3.Na.H2O4S/c2-1(3)4;;1-5(2,3)4/h2-4H;;(H2,1,2,3,4)/q;+1;/p-1. The fourth-order valence-corrected chi connectivity index (χ4v) is 0. The second-order valence-electron chi connectivity index (χ2n) is 0.696. The molecule has 0 bridgehead atoms. The van der Waals surface area contributed by atoms with E-state index < -0.39 is 26.1 Å². The zero-order chi connectivity index (χ0) is 8.08. The first-order valence-corrected chi connectivity index (χ1v) is 5.17. The third kappa shape index (κ3) is 375. The van der Waals surface area contributed by atoms with Crippen molar-refractivity contribution in [1.29, 1.82) is 0 Å². The Bertz CT molecular complexity index is 125. The van der Waals surface area contributed by atoms with E-state index in [1.54, 1.807) is 0 Å². The Morgan fingerprint density at radius 2 is 1.20 bits per heavy atom. The van der Waals surface area contributed by atoms with Gasteiger partial charge in [0, 0.05) is 0 Å². The van der Waals surface area contributed by atoms with Crippen molar-refractivity contribution in [3.05, 3.63) is 0 Å². The van der Waals surface area contributed by atoms with Gasteiger partial charge in [-0.2, -0.15) is 0 Å². The largest absolute Gasteiger partial charge is 1.00 e. The molecule has 10 heteroatoms. The number of hydrogen-bond donors (Lipinski definition) is 4. The summed E-state index contributed by atoms with van der Waals surface area (Å²) in [4.78, 5) is 0. The summed E-state index contributed by atoms with van der Waals surface area (Å²) in [6, 6.07) is 0. The van der Waals surface area contributed by atoms with E-state index in [0.717, 1.165) is 0 Å². The van der Waals surface area contributed by atoms with Crippen molar-refractivity contribution >= 4 is 26.1 Å². The number of hydrogen-bond acceptors (Lipinski definition) is 6. The van der Waals surface area contributed by atoms with Crippen LogP contribution in [0.1, 0.15) is 0 Å². The minimum atomic E-state index is -4.92. The Balaban J connectivity index is -0.0000000910. The van der Waals surface area contributed by atoms with Gasteiger partial charge in [-0.3, -0.25) is 4.55 Å². The van der Waals surface area contributed by atoms with E-state index in [1.165, 1.54) is 0 Å². The van der Waals surface area contributed by atoms with Crippen LogP contribution in [0.3, 0.4) is 0 Å². The fourth-order valence-electron chi connectivity index (χ4n) is 0. The van der Waals surface area contributed by atoms with Crippen molar-refractivity contribution in [3.8, 4) is 0 Å². The van der Waals surface area contributed by atoms with Crippen molar-refractivity contribution in [2.45, 2.75) is 0 Å². The summed E-state index contributed by atoms with van der Waals surface area (Å²) in [6.45, 7) is 0. The Kier molecular flexibility index (Phi) is 14.6. The van der Waals surface area contributed by atoms with Gasteiger partial charge in [0.1, 0.15) is 0 Å². The Labute approximate surface area is 84.9 Å². The fraction of sp³-hybridized carbons (Fsp3) is 0. The average molecular weight is 246 g/mol. The minimum absolute atomic E-state index is 0. The molecule has 7 nitrogen and oxygen atoms in total. The Hall–Kier alpha value is 1.31. The molecule has 0 saturated carbocycles. The Morgan fingerprint density at radius 3 is 1.20 bits per heavy atom. The summed E-state index contributed by atoms with van der Waals surface area (Å²) in [7, 11) is -4.92. The predicted octanol–water partition coefficient (Wildman–Crippen LogP) is -6.04. The zero-order valence-electron chi connectivity index (χ0n) is 4.87. The third-order valence-corrected chi connectivity index (χ3v) is 0. The van der Waals surface area contributed by atoms with Crippen LogP contribution in [0.25, 0.3) is 0 Å². The van der Waals surface area contributed by atoms with Crippen molar-refractivity contribution < 1.29 is 59.4 Å². The molecule has 0 aromatic rings. The minimum Gasteiger partial charge on any atom is 1.00 e. The first-order valence-electron chi connectivity index (χ1n) is 1.28. The van der Waals surface area contributed by atoms with Crippen molar-refractivity contribution in [2.24, 2.45) is 0 Å². The molecule has 0 amide bonds. The SMILES string of the molecule is O=S(=O)([O-])O.O[As](O)O.[Na+]. The van der Waals surface area contributed by atoms with Crippen LogP contribution in [0.5, 0.6) is 0 Å². The van der Waals surface area contributed by atoms with Gasteiger partial charge in [-0.15, -0.1) is 0 Å². The quantitative estimate of drug-likeness (QED) is 0.189. The number of rotatable bonds is 0. The molecule has 0 radical (unpaired) electrons. The van der Waals surface area contributed by atoms with Gasteiger partial charge in [-0.05, 0) is 0 Å². The van der Waals surface area contributed by atoms with Crippen LogP contribution in [-0.2, 0) is 10.4 Å². The van der Waals surface area contributed by atoms with Crippen LogP contribution in [0.2, 0.25) is 0 Å². The molecule has 4 N–H and O–H groups in total. The maximum Gasteiger partial charge on any atom is 1.00 e. The molecule has 0 unspecified atom stereocenters. The summed E-state index contributed by atoms with van der Waals surface area (Å²) in [6.07, 6.45) is 0. The van der Waals surface area contributed by atoms with E-state index in [4.69, 9.17) is 29.8 Å². The van der Waals surface area contributed by atoms with Gasteiger partial charge in [0.25, 0.3) is 0 Å². The normalized spacial score (nSPS) is 9.40. The van der Waals surface area contributed by atoms with E-state index in [1.807, 2.05) is 0 Å². The molecule has 0 aromatic carbocycles. The van der Waals surface area contributed by atoms with Gasteiger partial charge in [0.15, 0.2) is 0 Å². The van der Waals surface area contributed by atoms with Crippen molar-refractivity contribution in [1.82, 2.24) is 0 Å². The Morgan fingerprint density at radius 1 is 1.20 bits per heavy atom. The molecule has 0 heterocycles. The molecule has 0 spiro atoms. The molecule has 0 aromatic heterocycles.